The Balaban J connectivity index is 1.94. The Labute approximate surface area is 103 Å². The number of carbonyl (C=O) groups is 1. The fourth-order valence-electron chi connectivity index (χ4n) is 3.39. The molecule has 0 aromatic carbocycles. The van der Waals surface area contributed by atoms with Crippen LogP contribution in [0.5, 0.6) is 0 Å². The van der Waals surface area contributed by atoms with Gasteiger partial charge in [-0.15, -0.1) is 0 Å². The van der Waals surface area contributed by atoms with E-state index < -0.39 is 5.97 Å². The molecule has 4 heteroatoms. The molecule has 4 unspecified atom stereocenters. The van der Waals surface area contributed by atoms with Gasteiger partial charge in [0, 0.05) is 32.2 Å². The average Bonchev–Trinajstić information content (AvgIpc) is 2.28. The van der Waals surface area contributed by atoms with Crippen molar-refractivity contribution in [2.24, 2.45) is 17.8 Å². The summed E-state index contributed by atoms with van der Waals surface area (Å²) in [6, 6.07) is 0.412. The first kappa shape index (κ1) is 12.8. The summed E-state index contributed by atoms with van der Waals surface area (Å²) < 4.78 is 0. The highest BCUT2D eigenvalue weighted by Gasteiger charge is 2.33. The van der Waals surface area contributed by atoms with Crippen molar-refractivity contribution in [2.75, 3.05) is 26.2 Å². The number of aliphatic carboxylic acids is 1. The van der Waals surface area contributed by atoms with Crippen molar-refractivity contribution >= 4 is 5.97 Å². The highest BCUT2D eigenvalue weighted by Crippen LogP contribution is 2.25. The molecule has 0 spiro atoms. The smallest absolute Gasteiger partial charge is 0.307 e. The van der Waals surface area contributed by atoms with Gasteiger partial charge < -0.3 is 10.4 Å². The average molecular weight is 240 g/mol. The summed E-state index contributed by atoms with van der Waals surface area (Å²) in [6.07, 6.45) is 2.11. The zero-order valence-corrected chi connectivity index (χ0v) is 10.9. The van der Waals surface area contributed by atoms with Crippen LogP contribution >= 0.6 is 0 Å². The van der Waals surface area contributed by atoms with Gasteiger partial charge >= 0.3 is 5.97 Å². The molecule has 2 aliphatic rings. The zero-order valence-electron chi connectivity index (χ0n) is 10.9. The fourth-order valence-corrected chi connectivity index (χ4v) is 3.39. The molecule has 0 saturated carbocycles. The molecule has 2 N–H and O–H groups in total. The molecule has 0 aromatic rings. The van der Waals surface area contributed by atoms with Crippen molar-refractivity contribution < 1.29 is 9.90 Å². The van der Waals surface area contributed by atoms with Crippen molar-refractivity contribution in [3.8, 4) is 0 Å². The lowest BCUT2D eigenvalue weighted by Gasteiger charge is -2.42. The SMILES string of the molecule is CC1CC(C)CN(C2CNCC(C(=O)O)C2)C1. The second-order valence-corrected chi connectivity index (χ2v) is 5.98. The van der Waals surface area contributed by atoms with Crippen LogP contribution in [0, 0.1) is 17.8 Å². The van der Waals surface area contributed by atoms with Crippen molar-refractivity contribution in [3.05, 3.63) is 0 Å². The highest BCUT2D eigenvalue weighted by atomic mass is 16.4. The Morgan fingerprint density at radius 2 is 1.82 bits per heavy atom. The van der Waals surface area contributed by atoms with Crippen LogP contribution in [-0.4, -0.2) is 48.2 Å². The van der Waals surface area contributed by atoms with E-state index in [4.69, 9.17) is 5.11 Å². The maximum Gasteiger partial charge on any atom is 0.307 e. The van der Waals surface area contributed by atoms with Crippen LogP contribution in [0.1, 0.15) is 26.7 Å². The summed E-state index contributed by atoms with van der Waals surface area (Å²) in [6.45, 7) is 8.43. The molecule has 2 fully saturated rings. The molecule has 2 aliphatic heterocycles. The zero-order chi connectivity index (χ0) is 12.4. The molecule has 17 heavy (non-hydrogen) atoms. The number of nitrogens with zero attached hydrogens (tertiary/aromatic N) is 1. The van der Waals surface area contributed by atoms with Crippen molar-refractivity contribution in [1.29, 1.82) is 0 Å². The van der Waals surface area contributed by atoms with Crippen LogP contribution in [-0.2, 0) is 4.79 Å². The normalized spacial score (nSPS) is 40.1. The van der Waals surface area contributed by atoms with Gasteiger partial charge in [-0.3, -0.25) is 9.69 Å². The van der Waals surface area contributed by atoms with Crippen LogP contribution in [0.3, 0.4) is 0 Å². The summed E-state index contributed by atoms with van der Waals surface area (Å²) >= 11 is 0. The molecule has 0 amide bonds. The minimum absolute atomic E-state index is 0.207. The number of rotatable bonds is 2. The molecule has 2 heterocycles. The standard InChI is InChI=1S/C13H24N2O2/c1-9-3-10(2)8-15(7-9)12-4-11(13(16)17)5-14-6-12/h9-12,14H,3-8H2,1-2H3,(H,16,17). The molecular formula is C13H24N2O2. The molecule has 0 radical (unpaired) electrons. The summed E-state index contributed by atoms with van der Waals surface area (Å²) in [7, 11) is 0. The first-order chi connectivity index (χ1) is 8.06. The van der Waals surface area contributed by atoms with Gasteiger partial charge in [0.15, 0.2) is 0 Å². The van der Waals surface area contributed by atoms with Crippen molar-refractivity contribution in [3.63, 3.8) is 0 Å². The van der Waals surface area contributed by atoms with E-state index in [9.17, 15) is 4.79 Å². The number of nitrogens with one attached hydrogen (secondary N) is 1. The van der Waals surface area contributed by atoms with Gasteiger partial charge in [0.2, 0.25) is 0 Å². The van der Waals surface area contributed by atoms with E-state index in [0.29, 0.717) is 12.6 Å². The lowest BCUT2D eigenvalue weighted by molar-refractivity contribution is -0.143. The first-order valence-electron chi connectivity index (χ1n) is 6.73. The minimum atomic E-state index is -0.652. The predicted molar refractivity (Wildman–Crippen MR) is 66.9 cm³/mol. The van der Waals surface area contributed by atoms with Crippen LogP contribution in [0.25, 0.3) is 0 Å². The third-order valence-electron chi connectivity index (χ3n) is 4.09. The van der Waals surface area contributed by atoms with Gasteiger partial charge in [-0.1, -0.05) is 13.8 Å². The van der Waals surface area contributed by atoms with Crippen LogP contribution in [0.15, 0.2) is 0 Å². The number of carboxylic acid groups (broad SMARTS) is 1. The van der Waals surface area contributed by atoms with E-state index in [2.05, 4.69) is 24.1 Å². The van der Waals surface area contributed by atoms with Crippen molar-refractivity contribution in [1.82, 2.24) is 10.2 Å². The largest absolute Gasteiger partial charge is 0.481 e. The van der Waals surface area contributed by atoms with Gasteiger partial charge in [0.25, 0.3) is 0 Å². The maximum atomic E-state index is 11.1. The lowest BCUT2D eigenvalue weighted by Crippen LogP contribution is -2.54. The summed E-state index contributed by atoms with van der Waals surface area (Å²) in [5, 5.41) is 12.4. The monoisotopic (exact) mass is 240 g/mol. The number of carboxylic acids is 1. The number of likely N-dealkylation sites (tertiary alicyclic amines) is 1. The van der Waals surface area contributed by atoms with Gasteiger partial charge in [0.1, 0.15) is 0 Å². The molecule has 4 nitrogen and oxygen atoms in total. The van der Waals surface area contributed by atoms with Crippen LogP contribution in [0.2, 0.25) is 0 Å². The van der Waals surface area contributed by atoms with Gasteiger partial charge in [-0.05, 0) is 24.7 Å². The number of hydrogen-bond donors (Lipinski definition) is 2. The highest BCUT2D eigenvalue weighted by molar-refractivity contribution is 5.70. The Hall–Kier alpha value is -0.610. The van der Waals surface area contributed by atoms with Crippen molar-refractivity contribution in [2.45, 2.75) is 32.7 Å². The van der Waals surface area contributed by atoms with E-state index in [1.54, 1.807) is 0 Å². The Bertz CT molecular complexity index is 273. The Morgan fingerprint density at radius 3 is 2.41 bits per heavy atom. The first-order valence-corrected chi connectivity index (χ1v) is 6.73. The van der Waals surface area contributed by atoms with E-state index in [1.807, 2.05) is 0 Å². The van der Waals surface area contributed by atoms with E-state index >= 15 is 0 Å². The summed E-state index contributed by atoms with van der Waals surface area (Å²) in [5.41, 5.74) is 0. The third-order valence-corrected chi connectivity index (χ3v) is 4.09. The molecule has 98 valence electrons. The molecule has 2 rings (SSSR count). The van der Waals surface area contributed by atoms with Gasteiger partial charge in [-0.25, -0.2) is 0 Å². The summed E-state index contributed by atoms with van der Waals surface area (Å²) in [5.74, 6) is 0.620. The summed E-state index contributed by atoms with van der Waals surface area (Å²) in [4.78, 5) is 13.6. The van der Waals surface area contributed by atoms with Gasteiger partial charge in [-0.2, -0.15) is 0 Å². The second kappa shape index (κ2) is 5.36. The second-order valence-electron chi connectivity index (χ2n) is 5.98. The quantitative estimate of drug-likeness (QED) is 0.757. The number of hydrogen-bond acceptors (Lipinski definition) is 3. The van der Waals surface area contributed by atoms with E-state index in [-0.39, 0.29) is 5.92 Å². The lowest BCUT2D eigenvalue weighted by atomic mass is 9.88. The number of piperidine rings is 2. The van der Waals surface area contributed by atoms with E-state index in [1.165, 1.54) is 6.42 Å². The third kappa shape index (κ3) is 3.19. The molecule has 0 bridgehead atoms. The van der Waals surface area contributed by atoms with Crippen LogP contribution in [0.4, 0.5) is 0 Å². The van der Waals surface area contributed by atoms with Crippen LogP contribution < -0.4 is 5.32 Å². The maximum absolute atomic E-state index is 11.1. The Morgan fingerprint density at radius 1 is 1.18 bits per heavy atom. The molecular weight excluding hydrogens is 216 g/mol. The fraction of sp³-hybridized carbons (Fsp3) is 0.923. The molecule has 2 saturated heterocycles. The molecule has 0 aliphatic carbocycles. The van der Waals surface area contributed by atoms with Gasteiger partial charge in [0.05, 0.1) is 5.92 Å². The minimum Gasteiger partial charge on any atom is -0.481 e. The Kier molecular flexibility index (Phi) is 4.05. The predicted octanol–water partition coefficient (Wildman–Crippen LogP) is 1.03. The van der Waals surface area contributed by atoms with E-state index in [0.717, 1.165) is 37.9 Å². The molecule has 4 atom stereocenters. The topological polar surface area (TPSA) is 52.6 Å². The molecule has 0 aromatic heterocycles.